The van der Waals surface area contributed by atoms with Crippen molar-refractivity contribution in [3.8, 4) is 0 Å². The van der Waals surface area contributed by atoms with Crippen LogP contribution >= 0.6 is 11.6 Å². The van der Waals surface area contributed by atoms with Crippen LogP contribution in [0.1, 0.15) is 12.6 Å². The Hall–Kier alpha value is -1.08. The summed E-state index contributed by atoms with van der Waals surface area (Å²) in [6, 6.07) is 0. The Kier molecular flexibility index (Phi) is 3.05. The fourth-order valence-corrected chi connectivity index (χ4v) is 2.20. The van der Waals surface area contributed by atoms with Gasteiger partial charge in [0.2, 0.25) is 10.0 Å². The number of imidazole rings is 1. The molecule has 0 bridgehead atoms. The molecule has 0 aliphatic heterocycles. The fraction of sp³-hybridized carbons (Fsp3) is 0.429. The van der Waals surface area contributed by atoms with Crippen molar-refractivity contribution in [2.75, 3.05) is 5.75 Å². The van der Waals surface area contributed by atoms with Crippen LogP contribution in [0, 0.1) is 6.92 Å². The van der Waals surface area contributed by atoms with E-state index < -0.39 is 21.1 Å². The van der Waals surface area contributed by atoms with Gasteiger partial charge in [-0.3, -0.25) is 4.79 Å². The van der Waals surface area contributed by atoms with Gasteiger partial charge in [-0.15, -0.1) is 0 Å². The third kappa shape index (κ3) is 1.98. The first-order chi connectivity index (χ1) is 6.81. The van der Waals surface area contributed by atoms with E-state index in [0.29, 0.717) is 8.54 Å². The highest BCUT2D eigenvalue weighted by Gasteiger charge is 2.20. The van der Waals surface area contributed by atoms with E-state index in [1.165, 1.54) is 13.8 Å². The van der Waals surface area contributed by atoms with Gasteiger partial charge in [0.05, 0.1) is 5.75 Å². The summed E-state index contributed by atoms with van der Waals surface area (Å²) in [6.45, 7) is 2.82. The molecule has 0 saturated carbocycles. The van der Waals surface area contributed by atoms with E-state index in [9.17, 15) is 18.0 Å². The summed E-state index contributed by atoms with van der Waals surface area (Å²) in [5.74, 6) is -0.229. The van der Waals surface area contributed by atoms with E-state index in [4.69, 9.17) is 11.6 Å². The third-order valence-electron chi connectivity index (χ3n) is 1.88. The van der Waals surface area contributed by atoms with Crippen molar-refractivity contribution in [2.45, 2.75) is 13.8 Å². The molecule has 0 amide bonds. The Balaban J connectivity index is 3.58. The van der Waals surface area contributed by atoms with Crippen molar-refractivity contribution < 1.29 is 13.2 Å². The van der Waals surface area contributed by atoms with Crippen LogP contribution in [0.4, 0.5) is 4.79 Å². The molecule has 0 atom stereocenters. The van der Waals surface area contributed by atoms with E-state index in [-0.39, 0.29) is 11.4 Å². The van der Waals surface area contributed by atoms with E-state index >= 15 is 0 Å². The van der Waals surface area contributed by atoms with E-state index in [1.807, 2.05) is 0 Å². The molecule has 1 aromatic rings. The lowest BCUT2D eigenvalue weighted by Gasteiger charge is -1.98. The Morgan fingerprint density at radius 3 is 2.40 bits per heavy atom. The highest BCUT2D eigenvalue weighted by molar-refractivity contribution is 7.89. The smallest absolute Gasteiger partial charge is 0.254 e. The summed E-state index contributed by atoms with van der Waals surface area (Å²) in [4.78, 5) is 22.3. The standard InChI is InChI=1S/C7H9ClN2O4S/c1-3-15(13,14)9-4-5(2)10(6(8)11)7(9)12/h4H,3H2,1-2H3. The molecule has 0 spiro atoms. The number of hydrogen-bond acceptors (Lipinski definition) is 4. The first-order valence-corrected chi connectivity index (χ1v) is 6.04. The molecule has 1 rings (SSSR count). The lowest BCUT2D eigenvalue weighted by Crippen LogP contribution is -2.31. The third-order valence-corrected chi connectivity index (χ3v) is 3.64. The molecule has 1 aromatic heterocycles. The predicted octanol–water partition coefficient (Wildman–Crippen LogP) is 0.363. The average Bonchev–Trinajstić information content (AvgIpc) is 2.42. The van der Waals surface area contributed by atoms with Crippen molar-refractivity contribution >= 4 is 27.0 Å². The van der Waals surface area contributed by atoms with Gasteiger partial charge in [-0.2, -0.15) is 3.97 Å². The van der Waals surface area contributed by atoms with Crippen molar-refractivity contribution in [1.29, 1.82) is 0 Å². The number of aryl methyl sites for hydroxylation is 1. The second kappa shape index (κ2) is 3.82. The van der Waals surface area contributed by atoms with Gasteiger partial charge in [-0.25, -0.2) is 17.8 Å². The quantitative estimate of drug-likeness (QED) is 0.712. The molecule has 0 aliphatic carbocycles. The van der Waals surface area contributed by atoms with Crippen LogP contribution in [-0.2, 0) is 10.0 Å². The van der Waals surface area contributed by atoms with Gasteiger partial charge in [0.1, 0.15) is 0 Å². The topological polar surface area (TPSA) is 78.1 Å². The number of aromatic nitrogens is 2. The number of carbonyl (C=O) groups excluding carboxylic acids is 1. The summed E-state index contributed by atoms with van der Waals surface area (Å²) in [6.07, 6.45) is 1.07. The van der Waals surface area contributed by atoms with E-state index in [0.717, 1.165) is 6.20 Å². The Labute approximate surface area is 91.1 Å². The zero-order valence-corrected chi connectivity index (χ0v) is 9.67. The normalized spacial score (nSPS) is 11.7. The maximum absolute atomic E-state index is 11.5. The molecular weight excluding hydrogens is 244 g/mol. The first kappa shape index (κ1) is 12.0. The van der Waals surface area contributed by atoms with Crippen molar-refractivity contribution in [1.82, 2.24) is 8.54 Å². The van der Waals surface area contributed by atoms with Gasteiger partial charge in [0, 0.05) is 11.9 Å². The Morgan fingerprint density at radius 2 is 2.07 bits per heavy atom. The minimum absolute atomic E-state index is 0.178. The maximum atomic E-state index is 11.5. The molecule has 1 heterocycles. The summed E-state index contributed by atoms with van der Waals surface area (Å²) in [5, 5.41) is -1.03. The van der Waals surface area contributed by atoms with Crippen LogP contribution in [0.3, 0.4) is 0 Å². The first-order valence-electron chi connectivity index (χ1n) is 4.05. The molecule has 0 N–H and O–H groups in total. The summed E-state index contributed by atoms with van der Waals surface area (Å²) >= 11 is 5.14. The number of rotatable bonds is 2. The zero-order valence-electron chi connectivity index (χ0n) is 8.10. The van der Waals surface area contributed by atoms with E-state index in [1.54, 1.807) is 0 Å². The average molecular weight is 253 g/mol. The number of halogens is 1. The molecule has 0 radical (unpaired) electrons. The molecule has 84 valence electrons. The maximum Gasteiger partial charge on any atom is 0.350 e. The Morgan fingerprint density at radius 1 is 1.53 bits per heavy atom. The number of carbonyl (C=O) groups is 1. The second-order valence-corrected chi connectivity index (χ2v) is 5.30. The van der Waals surface area contributed by atoms with Crippen LogP contribution in [0.15, 0.2) is 11.0 Å². The van der Waals surface area contributed by atoms with E-state index in [2.05, 4.69) is 0 Å². The molecule has 0 fully saturated rings. The summed E-state index contributed by atoms with van der Waals surface area (Å²) < 4.78 is 23.9. The lowest BCUT2D eigenvalue weighted by molar-refractivity contribution is 0.260. The largest absolute Gasteiger partial charge is 0.350 e. The van der Waals surface area contributed by atoms with Gasteiger partial charge in [0.25, 0.3) is 0 Å². The van der Waals surface area contributed by atoms with Crippen LogP contribution in [-0.4, -0.2) is 28.1 Å². The molecule has 0 unspecified atom stereocenters. The monoisotopic (exact) mass is 252 g/mol. The highest BCUT2D eigenvalue weighted by Crippen LogP contribution is 2.02. The lowest BCUT2D eigenvalue weighted by atomic mass is 10.5. The van der Waals surface area contributed by atoms with Crippen LogP contribution in [0.5, 0.6) is 0 Å². The Bertz CT molecular complexity index is 554. The number of nitrogens with zero attached hydrogens (tertiary/aromatic N) is 2. The van der Waals surface area contributed by atoms with Gasteiger partial charge >= 0.3 is 11.1 Å². The van der Waals surface area contributed by atoms with Gasteiger partial charge in [-0.1, -0.05) is 0 Å². The van der Waals surface area contributed by atoms with Crippen LogP contribution < -0.4 is 5.69 Å². The molecule has 8 heteroatoms. The van der Waals surface area contributed by atoms with Crippen molar-refractivity contribution in [3.63, 3.8) is 0 Å². The number of hydrogen-bond donors (Lipinski definition) is 0. The molecule has 0 aliphatic rings. The van der Waals surface area contributed by atoms with Gasteiger partial charge in [0.15, 0.2) is 0 Å². The highest BCUT2D eigenvalue weighted by atomic mass is 35.5. The van der Waals surface area contributed by atoms with Crippen molar-refractivity contribution in [2.24, 2.45) is 0 Å². The minimum atomic E-state index is -3.69. The SMILES string of the molecule is CCS(=O)(=O)n1cc(C)n(C(=O)Cl)c1=O. The van der Waals surface area contributed by atoms with Gasteiger partial charge in [-0.05, 0) is 25.4 Å². The fourth-order valence-electron chi connectivity index (χ4n) is 1.08. The van der Waals surface area contributed by atoms with Crippen LogP contribution in [0.2, 0.25) is 0 Å². The van der Waals surface area contributed by atoms with Crippen LogP contribution in [0.25, 0.3) is 0 Å². The predicted molar refractivity (Wildman–Crippen MR) is 54.9 cm³/mol. The summed E-state index contributed by atoms with van der Waals surface area (Å²) in [5.41, 5.74) is -0.786. The molecule has 6 nitrogen and oxygen atoms in total. The summed E-state index contributed by atoms with van der Waals surface area (Å²) in [7, 11) is -3.69. The molecule has 0 saturated heterocycles. The zero-order chi connectivity index (χ0) is 11.8. The molecular formula is C7H9ClN2O4S. The van der Waals surface area contributed by atoms with Gasteiger partial charge < -0.3 is 0 Å². The molecule has 15 heavy (non-hydrogen) atoms. The second-order valence-electron chi connectivity index (χ2n) is 2.84. The van der Waals surface area contributed by atoms with Crippen molar-refractivity contribution in [3.05, 3.63) is 22.4 Å². The minimum Gasteiger partial charge on any atom is -0.254 e. The molecule has 0 aromatic carbocycles.